The number of amides is 1. The summed E-state index contributed by atoms with van der Waals surface area (Å²) >= 11 is 1.49. The van der Waals surface area contributed by atoms with Crippen LogP contribution in [0.2, 0.25) is 0 Å². The minimum atomic E-state index is -0.408. The molecule has 0 aromatic heterocycles. The summed E-state index contributed by atoms with van der Waals surface area (Å²) in [6, 6.07) is 17.8. The molecule has 0 saturated carbocycles. The number of nitrogens with zero attached hydrogens (tertiary/aromatic N) is 2. The van der Waals surface area contributed by atoms with Gasteiger partial charge in [-0.25, -0.2) is 9.79 Å². The van der Waals surface area contributed by atoms with Crippen molar-refractivity contribution < 1.29 is 14.3 Å². The number of benzene rings is 2. The minimum Gasteiger partial charge on any atom is -0.466 e. The molecule has 0 radical (unpaired) electrons. The highest BCUT2D eigenvalue weighted by atomic mass is 32.2. The molecular weight excluding hydrogens is 458 g/mol. The molecule has 2 aromatic rings. The molecule has 2 heterocycles. The van der Waals surface area contributed by atoms with Crippen molar-refractivity contribution >= 4 is 28.8 Å². The van der Waals surface area contributed by atoms with Crippen molar-refractivity contribution in [2.75, 3.05) is 7.11 Å². The zero-order valence-corrected chi connectivity index (χ0v) is 21.4. The number of nitrogens with one attached hydrogen (secondary N) is 1. The van der Waals surface area contributed by atoms with E-state index in [1.165, 1.54) is 24.4 Å². The number of hydrogen-bond acceptors (Lipinski definition) is 6. The van der Waals surface area contributed by atoms with Crippen molar-refractivity contribution in [2.45, 2.75) is 52.1 Å². The van der Waals surface area contributed by atoms with Crippen LogP contribution in [0.5, 0.6) is 0 Å². The molecule has 2 aliphatic rings. The second-order valence-corrected chi connectivity index (χ2v) is 9.70. The van der Waals surface area contributed by atoms with Gasteiger partial charge in [0.05, 0.1) is 30.8 Å². The number of carbonyl (C=O) groups excluding carboxylic acids is 2. The Balaban J connectivity index is 1.64. The number of hydrogen-bond donors (Lipinski definition) is 1. The highest BCUT2D eigenvalue weighted by Crippen LogP contribution is 2.45. The van der Waals surface area contributed by atoms with Crippen molar-refractivity contribution in [1.82, 2.24) is 10.2 Å². The second kappa shape index (κ2) is 11.0. The molecule has 6 nitrogen and oxygen atoms in total. The Morgan fingerprint density at radius 1 is 1.11 bits per heavy atom. The quantitative estimate of drug-likeness (QED) is 0.485. The summed E-state index contributed by atoms with van der Waals surface area (Å²) in [5.41, 5.74) is 5.29. The van der Waals surface area contributed by atoms with E-state index in [0.29, 0.717) is 24.5 Å². The van der Waals surface area contributed by atoms with Crippen LogP contribution in [0.15, 0.2) is 82.0 Å². The zero-order chi connectivity index (χ0) is 24.9. The van der Waals surface area contributed by atoms with Crippen molar-refractivity contribution in [3.05, 3.63) is 93.7 Å². The highest BCUT2D eigenvalue weighted by molar-refractivity contribution is 8.16. The topological polar surface area (TPSA) is 71.0 Å². The first kappa shape index (κ1) is 24.8. The largest absolute Gasteiger partial charge is 0.466 e. The number of esters is 1. The Hall–Kier alpha value is -3.32. The Bertz CT molecular complexity index is 1180. The zero-order valence-electron chi connectivity index (χ0n) is 20.6. The van der Waals surface area contributed by atoms with E-state index in [-0.39, 0.29) is 12.3 Å². The maximum absolute atomic E-state index is 13.0. The fourth-order valence-electron chi connectivity index (χ4n) is 4.31. The molecule has 0 saturated heterocycles. The number of methoxy groups -OCH3 is 1. The predicted octanol–water partition coefficient (Wildman–Crippen LogP) is 5.65. The fourth-order valence-corrected chi connectivity index (χ4v) is 5.25. The SMILES string of the molecule is CCC1=C(C(=O)OC)[C@H](c2ccc(C(C)C)cc2)N2C(CC(=O)NCc3ccccc3)=CSC2=N1. The van der Waals surface area contributed by atoms with Gasteiger partial charge < -0.3 is 15.0 Å². The minimum absolute atomic E-state index is 0.0826. The number of aliphatic imine (C=N–C) groups is 1. The number of fused-ring (bicyclic) bond motifs is 1. The molecule has 0 spiro atoms. The Morgan fingerprint density at radius 3 is 2.46 bits per heavy atom. The maximum Gasteiger partial charge on any atom is 0.338 e. The lowest BCUT2D eigenvalue weighted by atomic mass is 9.91. The van der Waals surface area contributed by atoms with Crippen LogP contribution in [0.4, 0.5) is 0 Å². The van der Waals surface area contributed by atoms with Gasteiger partial charge in [0, 0.05) is 12.2 Å². The van der Waals surface area contributed by atoms with Crippen molar-refractivity contribution in [3.8, 4) is 0 Å². The van der Waals surface area contributed by atoms with Crippen LogP contribution in [-0.2, 0) is 20.9 Å². The van der Waals surface area contributed by atoms with E-state index in [4.69, 9.17) is 9.73 Å². The summed E-state index contributed by atoms with van der Waals surface area (Å²) in [7, 11) is 1.40. The first-order chi connectivity index (χ1) is 16.9. The number of allylic oxidation sites excluding steroid dienone is 1. The predicted molar refractivity (Wildman–Crippen MR) is 140 cm³/mol. The summed E-state index contributed by atoms with van der Waals surface area (Å²) in [6.45, 7) is 6.76. The third kappa shape index (κ3) is 5.35. The van der Waals surface area contributed by atoms with E-state index in [0.717, 1.165) is 27.7 Å². The molecule has 4 rings (SSSR count). The van der Waals surface area contributed by atoms with Gasteiger partial charge in [-0.1, -0.05) is 87.1 Å². The van der Waals surface area contributed by atoms with E-state index in [1.54, 1.807) is 0 Å². The monoisotopic (exact) mass is 489 g/mol. The molecule has 0 aliphatic carbocycles. The molecular formula is C28H31N3O3S. The van der Waals surface area contributed by atoms with Gasteiger partial charge in [0.15, 0.2) is 5.17 Å². The van der Waals surface area contributed by atoms with Gasteiger partial charge in [0.25, 0.3) is 0 Å². The van der Waals surface area contributed by atoms with Gasteiger partial charge in [-0.2, -0.15) is 0 Å². The normalized spacial score (nSPS) is 17.2. The lowest BCUT2D eigenvalue weighted by Crippen LogP contribution is -2.38. The van der Waals surface area contributed by atoms with Crippen molar-refractivity contribution in [3.63, 3.8) is 0 Å². The Kier molecular flexibility index (Phi) is 7.76. The van der Waals surface area contributed by atoms with Crippen LogP contribution in [-0.4, -0.2) is 29.1 Å². The van der Waals surface area contributed by atoms with Gasteiger partial charge in [0.2, 0.25) is 5.91 Å². The van der Waals surface area contributed by atoms with Crippen molar-refractivity contribution in [1.29, 1.82) is 0 Å². The Labute approximate surface area is 211 Å². The van der Waals surface area contributed by atoms with Crippen molar-refractivity contribution in [2.24, 2.45) is 4.99 Å². The van der Waals surface area contributed by atoms with E-state index >= 15 is 0 Å². The number of rotatable bonds is 8. The summed E-state index contributed by atoms with van der Waals surface area (Å²) in [5, 5.41) is 5.74. The molecule has 7 heteroatoms. The van der Waals surface area contributed by atoms with Crippen LogP contribution in [0.1, 0.15) is 62.3 Å². The Morgan fingerprint density at radius 2 is 1.83 bits per heavy atom. The van der Waals surface area contributed by atoms with Crippen LogP contribution in [0.25, 0.3) is 0 Å². The third-order valence-electron chi connectivity index (χ3n) is 6.22. The van der Waals surface area contributed by atoms with Crippen LogP contribution >= 0.6 is 11.8 Å². The number of ether oxygens (including phenoxy) is 1. The number of amidine groups is 1. The molecule has 1 atom stereocenters. The lowest BCUT2D eigenvalue weighted by molar-refractivity contribution is -0.136. The van der Waals surface area contributed by atoms with Gasteiger partial charge in [-0.05, 0) is 34.4 Å². The molecule has 0 unspecified atom stereocenters. The standard InChI is InChI=1S/C28H31N3O3S/c1-5-23-25(27(33)34-4)26(21-13-11-20(12-14-21)18(2)3)31-22(17-35-28(31)30-23)15-24(32)29-16-19-9-7-6-8-10-19/h6-14,17-18,26H,5,15-16H2,1-4H3,(H,29,32)/t26-/m0/s1. The van der Waals surface area contributed by atoms with Gasteiger partial charge in [-0.15, -0.1) is 0 Å². The average Bonchev–Trinajstić information content (AvgIpc) is 3.28. The molecule has 182 valence electrons. The lowest BCUT2D eigenvalue weighted by Gasteiger charge is -2.36. The molecule has 35 heavy (non-hydrogen) atoms. The molecule has 1 amide bonds. The first-order valence-corrected chi connectivity index (χ1v) is 12.8. The maximum atomic E-state index is 13.0. The van der Waals surface area contributed by atoms with Crippen LogP contribution in [0.3, 0.4) is 0 Å². The summed E-state index contributed by atoms with van der Waals surface area (Å²) in [6.07, 6.45) is 0.797. The summed E-state index contributed by atoms with van der Waals surface area (Å²) < 4.78 is 5.19. The average molecular weight is 490 g/mol. The first-order valence-electron chi connectivity index (χ1n) is 11.9. The second-order valence-electron chi connectivity index (χ2n) is 8.86. The van der Waals surface area contributed by atoms with E-state index in [2.05, 4.69) is 43.4 Å². The fraction of sp³-hybridized carbons (Fsp3) is 0.321. The summed E-state index contributed by atoms with van der Waals surface area (Å²) in [5.74, 6) is -0.0754. The molecule has 0 fully saturated rings. The van der Waals surface area contributed by atoms with Crippen LogP contribution < -0.4 is 5.32 Å². The molecule has 1 N–H and O–H groups in total. The van der Waals surface area contributed by atoms with Crippen LogP contribution in [0, 0.1) is 0 Å². The molecule has 2 aromatic carbocycles. The third-order valence-corrected chi connectivity index (χ3v) is 7.11. The van der Waals surface area contributed by atoms with E-state index < -0.39 is 12.0 Å². The molecule has 2 aliphatic heterocycles. The van der Waals surface area contributed by atoms with Gasteiger partial charge in [-0.3, -0.25) is 4.79 Å². The summed E-state index contributed by atoms with van der Waals surface area (Å²) in [4.78, 5) is 32.7. The van der Waals surface area contributed by atoms with E-state index in [9.17, 15) is 9.59 Å². The molecule has 0 bridgehead atoms. The smallest absolute Gasteiger partial charge is 0.338 e. The van der Waals surface area contributed by atoms with E-state index in [1.807, 2.05) is 47.6 Å². The number of carbonyl (C=O) groups is 2. The highest BCUT2D eigenvalue weighted by Gasteiger charge is 2.41. The van der Waals surface area contributed by atoms with Gasteiger partial charge in [0.1, 0.15) is 0 Å². The van der Waals surface area contributed by atoms with Gasteiger partial charge >= 0.3 is 5.97 Å². The number of thioether (sulfide) groups is 1.